The third-order valence-electron chi connectivity index (χ3n) is 1.97. The Labute approximate surface area is 91.2 Å². The maximum absolute atomic E-state index is 8.61. The summed E-state index contributed by atoms with van der Waals surface area (Å²) in [6.45, 7) is 2.97. The molecule has 5 nitrogen and oxygen atoms in total. The molecule has 6 heteroatoms. The number of fused-ring (bicyclic) bond motifs is 1. The highest BCUT2D eigenvalue weighted by molar-refractivity contribution is 8.03. The van der Waals surface area contributed by atoms with Crippen molar-refractivity contribution in [2.24, 2.45) is 0 Å². The zero-order chi connectivity index (χ0) is 10.7. The van der Waals surface area contributed by atoms with E-state index in [-0.39, 0.29) is 0 Å². The van der Waals surface area contributed by atoms with Crippen LogP contribution < -0.4 is 0 Å². The van der Waals surface area contributed by atoms with E-state index in [0.717, 1.165) is 30.4 Å². The maximum atomic E-state index is 8.61. The fourth-order valence-corrected chi connectivity index (χ4v) is 1.81. The second-order valence-corrected chi connectivity index (χ2v) is 3.76. The van der Waals surface area contributed by atoms with Crippen LogP contribution in [0.3, 0.4) is 0 Å². The van der Waals surface area contributed by atoms with Crippen molar-refractivity contribution in [1.82, 2.24) is 19.5 Å². The van der Waals surface area contributed by atoms with Crippen LogP contribution in [0.1, 0.15) is 13.3 Å². The molecule has 0 saturated carbocycles. The number of rotatable bonds is 3. The summed E-state index contributed by atoms with van der Waals surface area (Å²) in [5.41, 5.74) is 1.50. The van der Waals surface area contributed by atoms with Gasteiger partial charge in [-0.25, -0.2) is 15.0 Å². The highest BCUT2D eigenvalue weighted by Gasteiger charge is 2.09. The topological polar surface area (TPSA) is 67.4 Å². The molecule has 0 radical (unpaired) electrons. The van der Waals surface area contributed by atoms with E-state index < -0.39 is 0 Å². The van der Waals surface area contributed by atoms with Crippen molar-refractivity contribution >= 4 is 22.9 Å². The van der Waals surface area contributed by atoms with Crippen LogP contribution in [0, 0.1) is 10.7 Å². The summed E-state index contributed by atoms with van der Waals surface area (Å²) in [5.74, 6) is 0. The molecule has 0 atom stereocenters. The van der Waals surface area contributed by atoms with Crippen molar-refractivity contribution in [3.8, 4) is 5.40 Å². The number of thiocyanates is 1. The second kappa shape index (κ2) is 4.28. The molecule has 0 saturated heterocycles. The zero-order valence-electron chi connectivity index (χ0n) is 8.21. The van der Waals surface area contributed by atoms with E-state index in [1.807, 2.05) is 9.97 Å². The highest BCUT2D eigenvalue weighted by atomic mass is 32.2. The molecule has 0 amide bonds. The number of aryl methyl sites for hydroxylation is 1. The fourth-order valence-electron chi connectivity index (χ4n) is 1.38. The van der Waals surface area contributed by atoms with Crippen LogP contribution in [-0.2, 0) is 6.54 Å². The maximum Gasteiger partial charge on any atom is 0.164 e. The second-order valence-electron chi connectivity index (χ2n) is 2.98. The Kier molecular flexibility index (Phi) is 2.83. The number of nitriles is 1. The van der Waals surface area contributed by atoms with E-state index in [0.29, 0.717) is 10.5 Å². The standard InChI is InChI=1S/C9H9N5S/c1-2-3-14-6-13-7-8(14)11-5-12-9(7)15-4-10/h5-6H,2-3H2,1H3. The van der Waals surface area contributed by atoms with Gasteiger partial charge in [0.25, 0.3) is 0 Å². The summed E-state index contributed by atoms with van der Waals surface area (Å²) < 4.78 is 1.97. The van der Waals surface area contributed by atoms with Gasteiger partial charge in [0, 0.05) is 18.3 Å². The molecule has 0 unspecified atom stereocenters. The van der Waals surface area contributed by atoms with Gasteiger partial charge in [0.1, 0.15) is 22.3 Å². The first-order valence-electron chi connectivity index (χ1n) is 4.58. The Balaban J connectivity index is 2.54. The van der Waals surface area contributed by atoms with Gasteiger partial charge in [0.15, 0.2) is 5.65 Å². The van der Waals surface area contributed by atoms with Crippen LogP contribution in [0.2, 0.25) is 0 Å². The number of hydrogen-bond acceptors (Lipinski definition) is 5. The predicted molar refractivity (Wildman–Crippen MR) is 57.1 cm³/mol. The van der Waals surface area contributed by atoms with Gasteiger partial charge in [0.2, 0.25) is 0 Å². The molecule has 2 heterocycles. The molecule has 0 aliphatic rings. The Bertz CT molecular complexity index is 513. The summed E-state index contributed by atoms with van der Waals surface area (Å²) in [4.78, 5) is 12.4. The van der Waals surface area contributed by atoms with E-state index in [9.17, 15) is 0 Å². The molecule has 2 aromatic rings. The van der Waals surface area contributed by atoms with E-state index in [2.05, 4.69) is 21.9 Å². The summed E-state index contributed by atoms with van der Waals surface area (Å²) in [6.07, 6.45) is 4.23. The van der Waals surface area contributed by atoms with Gasteiger partial charge >= 0.3 is 0 Å². The molecule has 2 aromatic heterocycles. The summed E-state index contributed by atoms with van der Waals surface area (Å²) in [6, 6.07) is 0. The van der Waals surface area contributed by atoms with Gasteiger partial charge in [-0.1, -0.05) is 6.92 Å². The smallest absolute Gasteiger partial charge is 0.164 e. The highest BCUT2D eigenvalue weighted by Crippen LogP contribution is 2.21. The normalized spacial score (nSPS) is 10.4. The summed E-state index contributed by atoms with van der Waals surface area (Å²) in [7, 11) is 0. The average Bonchev–Trinajstić information content (AvgIpc) is 2.64. The third kappa shape index (κ3) is 1.78. The number of nitrogens with zero attached hydrogens (tertiary/aromatic N) is 5. The van der Waals surface area contributed by atoms with Crippen LogP contribution in [-0.4, -0.2) is 19.5 Å². The number of aromatic nitrogens is 4. The molecule has 0 aliphatic heterocycles. The molecule has 0 aromatic carbocycles. The SMILES string of the molecule is CCCn1cnc2c(SC#N)ncnc21. The zero-order valence-corrected chi connectivity index (χ0v) is 9.03. The van der Waals surface area contributed by atoms with E-state index >= 15 is 0 Å². The van der Waals surface area contributed by atoms with Gasteiger partial charge in [-0.3, -0.25) is 0 Å². The minimum Gasteiger partial charge on any atom is -0.315 e. The van der Waals surface area contributed by atoms with Gasteiger partial charge in [-0.05, 0) is 6.42 Å². The lowest BCUT2D eigenvalue weighted by Gasteiger charge is -1.99. The number of hydrogen-bond donors (Lipinski definition) is 0. The largest absolute Gasteiger partial charge is 0.315 e. The molecule has 15 heavy (non-hydrogen) atoms. The molecular weight excluding hydrogens is 210 g/mol. The van der Waals surface area contributed by atoms with E-state index in [1.54, 1.807) is 6.33 Å². The Hall–Kier alpha value is -1.61. The molecule has 0 fully saturated rings. The first-order chi connectivity index (χ1) is 7.36. The molecular formula is C9H9N5S. The monoisotopic (exact) mass is 219 g/mol. The molecule has 76 valence electrons. The van der Waals surface area contributed by atoms with Crippen LogP contribution in [0.4, 0.5) is 0 Å². The molecule has 0 aliphatic carbocycles. The average molecular weight is 219 g/mol. The van der Waals surface area contributed by atoms with Crippen molar-refractivity contribution in [3.05, 3.63) is 12.7 Å². The van der Waals surface area contributed by atoms with Gasteiger partial charge in [0.05, 0.1) is 6.33 Å². The Morgan fingerprint density at radius 3 is 3.07 bits per heavy atom. The first kappa shape index (κ1) is 9.93. The van der Waals surface area contributed by atoms with Gasteiger partial charge in [-0.2, -0.15) is 5.26 Å². The lowest BCUT2D eigenvalue weighted by molar-refractivity contribution is 0.691. The number of thioether (sulfide) groups is 1. The number of imidazole rings is 1. The van der Waals surface area contributed by atoms with Crippen LogP contribution in [0.15, 0.2) is 17.7 Å². The van der Waals surface area contributed by atoms with Crippen LogP contribution in [0.25, 0.3) is 11.2 Å². The van der Waals surface area contributed by atoms with Crippen LogP contribution in [0.5, 0.6) is 0 Å². The summed E-state index contributed by atoms with van der Waals surface area (Å²) >= 11 is 1.01. The Morgan fingerprint density at radius 1 is 1.47 bits per heavy atom. The fraction of sp³-hybridized carbons (Fsp3) is 0.333. The first-order valence-corrected chi connectivity index (χ1v) is 5.40. The van der Waals surface area contributed by atoms with Gasteiger partial charge in [-0.15, -0.1) is 0 Å². The van der Waals surface area contributed by atoms with Crippen molar-refractivity contribution in [2.45, 2.75) is 24.9 Å². The summed E-state index contributed by atoms with van der Waals surface area (Å²) in [5, 5.41) is 11.2. The van der Waals surface area contributed by atoms with Crippen molar-refractivity contribution in [3.63, 3.8) is 0 Å². The van der Waals surface area contributed by atoms with Crippen molar-refractivity contribution in [2.75, 3.05) is 0 Å². The van der Waals surface area contributed by atoms with E-state index in [1.165, 1.54) is 6.33 Å². The molecule has 0 bridgehead atoms. The molecule has 0 N–H and O–H groups in total. The third-order valence-corrected chi connectivity index (χ3v) is 2.56. The van der Waals surface area contributed by atoms with E-state index in [4.69, 9.17) is 5.26 Å². The quantitative estimate of drug-likeness (QED) is 0.447. The van der Waals surface area contributed by atoms with Gasteiger partial charge < -0.3 is 4.57 Å². The minimum absolute atomic E-state index is 0.623. The van der Waals surface area contributed by atoms with Crippen molar-refractivity contribution in [1.29, 1.82) is 5.26 Å². The molecule has 0 spiro atoms. The lowest BCUT2D eigenvalue weighted by Crippen LogP contribution is -1.96. The lowest BCUT2D eigenvalue weighted by atomic mass is 10.4. The van der Waals surface area contributed by atoms with Crippen LogP contribution >= 0.6 is 11.8 Å². The predicted octanol–water partition coefficient (Wildman–Crippen LogP) is 1.81. The molecule has 2 rings (SSSR count). The Morgan fingerprint density at radius 2 is 2.33 bits per heavy atom. The van der Waals surface area contributed by atoms with Crippen molar-refractivity contribution < 1.29 is 0 Å². The minimum atomic E-state index is 0.623.